The topological polar surface area (TPSA) is 31.5 Å². The second-order valence-corrected chi connectivity index (χ2v) is 0. The van der Waals surface area contributed by atoms with Crippen molar-refractivity contribution in [2.75, 3.05) is 0 Å². The monoisotopic (exact) mass is 470 g/mol. The van der Waals surface area contributed by atoms with Gasteiger partial charge >= 0.3 is 138 Å². The van der Waals surface area contributed by atoms with Crippen LogP contribution in [-0.4, -0.2) is 143 Å². The van der Waals surface area contributed by atoms with Gasteiger partial charge in [-0.05, 0) is 0 Å². The maximum atomic E-state index is 0. The van der Waals surface area contributed by atoms with Crippen LogP contribution in [-0.2, 0) is 21.1 Å². The molecule has 18 valence electrons. The predicted molar refractivity (Wildman–Crippen MR) is 17.9 cm³/mol. The summed E-state index contributed by atoms with van der Waals surface area (Å²) in [6.45, 7) is 0. The van der Waals surface area contributed by atoms with Crippen LogP contribution in [0, 0.1) is 0 Å². The Morgan fingerprint density at radius 3 is 0.750 bits per heavy atom. The molecule has 0 atom stereocenters. The quantitative estimate of drug-likeness (QED) is 0.389. The molecule has 0 amide bonds. The minimum atomic E-state index is 0. The van der Waals surface area contributed by atoms with Crippen molar-refractivity contribution in [2.24, 2.45) is 0 Å². The second kappa shape index (κ2) is 15.7. The van der Waals surface area contributed by atoms with Gasteiger partial charge in [-0.3, -0.25) is 0 Å². The fourth-order valence-corrected chi connectivity index (χ4v) is 0. The smallest absolute Gasteiger partial charge is 0 e. The molecule has 0 unspecified atom stereocenters. The first-order valence-corrected chi connectivity index (χ1v) is 0. The van der Waals surface area contributed by atoms with Crippen LogP contribution in [0.3, 0.4) is 0 Å². The van der Waals surface area contributed by atoms with Crippen LogP contribution in [0.15, 0.2) is 0 Å². The van der Waals surface area contributed by atoms with E-state index in [9.17, 15) is 0 Å². The molecule has 0 spiro atoms. The van der Waals surface area contributed by atoms with Gasteiger partial charge in [0.1, 0.15) is 0 Å². The Balaban J connectivity index is 0. The van der Waals surface area contributed by atoms with Gasteiger partial charge < -0.3 is 5.48 Å². The van der Waals surface area contributed by atoms with Crippen LogP contribution in [0.4, 0.5) is 0 Å². The van der Waals surface area contributed by atoms with Crippen LogP contribution < -0.4 is 0 Å². The van der Waals surface area contributed by atoms with Gasteiger partial charge in [-0.1, -0.05) is 0 Å². The van der Waals surface area contributed by atoms with Crippen LogP contribution >= 0.6 is 0 Å². The fraction of sp³-hybridized carbons (Fsp3) is 0. The molecule has 0 aromatic carbocycles. The van der Waals surface area contributed by atoms with E-state index in [0.717, 1.165) is 0 Å². The van der Waals surface area contributed by atoms with E-state index in [2.05, 4.69) is 0 Å². The molecule has 4 heavy (non-hydrogen) atoms. The molecule has 4 heteroatoms. The molecule has 2 N–H and O–H groups in total. The molecular weight excluding hydrogens is 466 g/mol. The maximum absolute atomic E-state index is 0. The van der Waals surface area contributed by atoms with E-state index in [1.54, 1.807) is 0 Å². The Morgan fingerprint density at radius 2 is 0.750 bits per heavy atom. The normalized spacial score (nSPS) is 0. The first kappa shape index (κ1) is 23.3. The molecule has 0 heterocycles. The first-order valence-electron chi connectivity index (χ1n) is 0. The van der Waals surface area contributed by atoms with E-state index in [-0.39, 0.29) is 164 Å². The minimum absolute atomic E-state index is 0. The summed E-state index contributed by atoms with van der Waals surface area (Å²) in [5, 5.41) is 0. The van der Waals surface area contributed by atoms with Crippen LogP contribution in [0.5, 0.6) is 0 Å². The van der Waals surface area contributed by atoms with Crippen LogP contribution in [0.25, 0.3) is 0 Å². The molecule has 0 saturated heterocycles. The predicted octanol–water partition coefficient (Wildman–Crippen LogP) is -2.12. The summed E-state index contributed by atoms with van der Waals surface area (Å²) in [6, 6.07) is 0. The molecule has 0 aromatic heterocycles. The molecule has 0 aliphatic carbocycles. The molecule has 0 aliphatic heterocycles. The molecule has 0 rings (SSSR count). The van der Waals surface area contributed by atoms with Crippen LogP contribution in [0.1, 0.15) is 0 Å². The SMILES string of the molecule is O.[CsH].[CsH].[W]. The second-order valence-electron chi connectivity index (χ2n) is 0. The zero-order valence-electron chi connectivity index (χ0n) is 0.908. The van der Waals surface area contributed by atoms with Crippen molar-refractivity contribution < 1.29 is 26.5 Å². The van der Waals surface area contributed by atoms with Gasteiger partial charge in [0, 0.05) is 21.1 Å². The molecule has 1 nitrogen and oxygen atoms in total. The summed E-state index contributed by atoms with van der Waals surface area (Å²) in [6.07, 6.45) is 0. The van der Waals surface area contributed by atoms with Crippen molar-refractivity contribution in [3.05, 3.63) is 0 Å². The average molecular weight is 470 g/mol. The van der Waals surface area contributed by atoms with E-state index < -0.39 is 0 Å². The summed E-state index contributed by atoms with van der Waals surface area (Å²) in [5.41, 5.74) is 0. The summed E-state index contributed by atoms with van der Waals surface area (Å²) in [4.78, 5) is 0. The fourth-order valence-electron chi connectivity index (χ4n) is 0. The number of hydrogen-bond donors (Lipinski definition) is 0. The first-order chi connectivity index (χ1) is 0. The van der Waals surface area contributed by atoms with Gasteiger partial charge in [0.05, 0.1) is 0 Å². The van der Waals surface area contributed by atoms with Gasteiger partial charge in [0.2, 0.25) is 0 Å². The van der Waals surface area contributed by atoms with Crippen molar-refractivity contribution in [1.29, 1.82) is 0 Å². The summed E-state index contributed by atoms with van der Waals surface area (Å²) in [7, 11) is 0. The molecular formula is H4Cs2OW. The Morgan fingerprint density at radius 1 is 0.750 bits per heavy atom. The summed E-state index contributed by atoms with van der Waals surface area (Å²) >= 11 is 0. The maximum Gasteiger partial charge on any atom is 0 e. The largest absolute Gasteiger partial charge is 0 e. The molecule has 0 aromatic rings. The van der Waals surface area contributed by atoms with Crippen molar-refractivity contribution in [2.45, 2.75) is 0 Å². The summed E-state index contributed by atoms with van der Waals surface area (Å²) < 4.78 is 0. The average Bonchev–Trinajstić information content (AvgIpc) is 0. The van der Waals surface area contributed by atoms with E-state index in [1.807, 2.05) is 0 Å². The van der Waals surface area contributed by atoms with E-state index >= 15 is 0 Å². The standard InChI is InChI=1S/2Cs.H2O.W.2H/h;;1H2;;;. The third kappa shape index (κ3) is 9.89. The van der Waals surface area contributed by atoms with Crippen molar-refractivity contribution in [3.63, 3.8) is 0 Å². The van der Waals surface area contributed by atoms with E-state index in [4.69, 9.17) is 0 Å². The van der Waals surface area contributed by atoms with Crippen LogP contribution in [0.2, 0.25) is 0 Å². The Hall–Kier alpha value is 4.75. The van der Waals surface area contributed by atoms with Crippen molar-refractivity contribution in [1.82, 2.24) is 0 Å². The molecule has 0 bridgehead atoms. The Labute approximate surface area is 158 Å². The zero-order valence-corrected chi connectivity index (χ0v) is 3.84. The number of rotatable bonds is 0. The Kier molecular flexibility index (Phi) is 91.1. The van der Waals surface area contributed by atoms with E-state index in [1.165, 1.54) is 0 Å². The molecule has 0 aliphatic rings. The van der Waals surface area contributed by atoms with Gasteiger partial charge in [0.15, 0.2) is 0 Å². The van der Waals surface area contributed by atoms with Gasteiger partial charge in [-0.15, -0.1) is 0 Å². The minimum Gasteiger partial charge on any atom is 0 e. The van der Waals surface area contributed by atoms with Gasteiger partial charge in [-0.2, -0.15) is 0 Å². The van der Waals surface area contributed by atoms with Gasteiger partial charge in [0.25, 0.3) is 0 Å². The summed E-state index contributed by atoms with van der Waals surface area (Å²) in [5.74, 6) is 0. The number of hydrogen-bond acceptors (Lipinski definition) is 0. The third-order valence-electron chi connectivity index (χ3n) is 0. The Bertz CT molecular complexity index is 6.00. The third-order valence-corrected chi connectivity index (χ3v) is 0. The van der Waals surface area contributed by atoms with Gasteiger partial charge in [-0.25, -0.2) is 0 Å². The zero-order chi connectivity index (χ0) is 0. The van der Waals surface area contributed by atoms with Crippen molar-refractivity contribution in [3.8, 4) is 0 Å². The molecule has 0 fully saturated rings. The van der Waals surface area contributed by atoms with E-state index in [0.29, 0.717) is 0 Å². The molecule has 0 saturated carbocycles. The molecule has 0 radical (unpaired) electrons. The van der Waals surface area contributed by atoms with Crippen molar-refractivity contribution >= 4 is 138 Å².